The summed E-state index contributed by atoms with van der Waals surface area (Å²) in [5.41, 5.74) is 0. The average molecular weight is 165 g/mol. The van der Waals surface area contributed by atoms with Gasteiger partial charge in [-0.25, -0.2) is 13.1 Å². The van der Waals surface area contributed by atoms with Crippen molar-refractivity contribution in [1.29, 1.82) is 0 Å². The van der Waals surface area contributed by atoms with Crippen LogP contribution in [0.2, 0.25) is 0 Å². The highest BCUT2D eigenvalue weighted by Crippen LogP contribution is 2.00. The molecule has 0 spiro atoms. The van der Waals surface area contributed by atoms with E-state index in [1.54, 1.807) is 0 Å². The molecule has 0 aromatic heterocycles. The van der Waals surface area contributed by atoms with Gasteiger partial charge in [-0.3, -0.25) is 0 Å². The topological polar surface area (TPSA) is 46.2 Å². The fraction of sp³-hybridized carbons (Fsp3) is 1.00. The molecule has 3 nitrogen and oxygen atoms in total. The summed E-state index contributed by atoms with van der Waals surface area (Å²) in [7, 11) is -3.02. The SMILES string of the molecule is CC(C)[C@@H](C)NS(C)(=O)=O. The Morgan fingerprint density at radius 3 is 1.70 bits per heavy atom. The Kier molecular flexibility index (Phi) is 3.31. The number of sulfonamides is 1. The summed E-state index contributed by atoms with van der Waals surface area (Å²) in [6.07, 6.45) is 1.17. The lowest BCUT2D eigenvalue weighted by Crippen LogP contribution is -2.35. The highest BCUT2D eigenvalue weighted by atomic mass is 32.2. The molecule has 0 amide bonds. The van der Waals surface area contributed by atoms with Crippen molar-refractivity contribution in [1.82, 2.24) is 4.72 Å². The maximum Gasteiger partial charge on any atom is 0.208 e. The van der Waals surface area contributed by atoms with Gasteiger partial charge in [0.1, 0.15) is 0 Å². The fourth-order valence-corrected chi connectivity index (χ4v) is 1.42. The van der Waals surface area contributed by atoms with Gasteiger partial charge in [0.2, 0.25) is 10.0 Å². The summed E-state index contributed by atoms with van der Waals surface area (Å²) in [4.78, 5) is 0. The number of hydrogen-bond acceptors (Lipinski definition) is 2. The predicted molar refractivity (Wildman–Crippen MR) is 42.3 cm³/mol. The molecule has 0 fully saturated rings. The zero-order valence-corrected chi connectivity index (χ0v) is 7.70. The van der Waals surface area contributed by atoms with Gasteiger partial charge >= 0.3 is 0 Å². The van der Waals surface area contributed by atoms with Crippen molar-refractivity contribution in [2.24, 2.45) is 5.92 Å². The van der Waals surface area contributed by atoms with E-state index in [1.165, 1.54) is 6.26 Å². The molecule has 62 valence electrons. The molecule has 10 heavy (non-hydrogen) atoms. The minimum atomic E-state index is -3.02. The molecule has 0 rings (SSSR count). The Morgan fingerprint density at radius 2 is 1.60 bits per heavy atom. The lowest BCUT2D eigenvalue weighted by Gasteiger charge is -2.15. The minimum Gasteiger partial charge on any atom is -0.213 e. The van der Waals surface area contributed by atoms with Gasteiger partial charge in [-0.2, -0.15) is 0 Å². The van der Waals surface area contributed by atoms with Gasteiger partial charge in [-0.1, -0.05) is 13.8 Å². The van der Waals surface area contributed by atoms with Crippen LogP contribution in [0.15, 0.2) is 0 Å². The van der Waals surface area contributed by atoms with E-state index in [1.807, 2.05) is 20.8 Å². The molecule has 0 aliphatic rings. The second kappa shape index (κ2) is 3.34. The molecular weight excluding hydrogens is 150 g/mol. The number of rotatable bonds is 3. The van der Waals surface area contributed by atoms with E-state index < -0.39 is 10.0 Å². The van der Waals surface area contributed by atoms with Crippen LogP contribution in [0.3, 0.4) is 0 Å². The summed E-state index contributed by atoms with van der Waals surface area (Å²) >= 11 is 0. The largest absolute Gasteiger partial charge is 0.213 e. The van der Waals surface area contributed by atoms with E-state index >= 15 is 0 Å². The third-order valence-electron chi connectivity index (χ3n) is 1.40. The van der Waals surface area contributed by atoms with Gasteiger partial charge < -0.3 is 0 Å². The van der Waals surface area contributed by atoms with Crippen LogP contribution in [0.4, 0.5) is 0 Å². The zero-order valence-electron chi connectivity index (χ0n) is 6.88. The second-order valence-electron chi connectivity index (χ2n) is 2.92. The summed E-state index contributed by atoms with van der Waals surface area (Å²) in [5, 5.41) is 0. The number of hydrogen-bond donors (Lipinski definition) is 1. The Labute approximate surface area is 62.9 Å². The van der Waals surface area contributed by atoms with Crippen LogP contribution < -0.4 is 4.72 Å². The molecule has 0 unspecified atom stereocenters. The van der Waals surface area contributed by atoms with Crippen LogP contribution in [0.25, 0.3) is 0 Å². The molecule has 0 saturated heterocycles. The van der Waals surface area contributed by atoms with Gasteiger partial charge in [0.25, 0.3) is 0 Å². The van der Waals surface area contributed by atoms with E-state index in [-0.39, 0.29) is 6.04 Å². The summed E-state index contributed by atoms with van der Waals surface area (Å²) in [6, 6.07) is 0.0231. The summed E-state index contributed by atoms with van der Waals surface area (Å²) in [5.74, 6) is 0.342. The predicted octanol–water partition coefficient (Wildman–Crippen LogP) is 0.580. The van der Waals surface area contributed by atoms with E-state index in [4.69, 9.17) is 0 Å². The highest BCUT2D eigenvalue weighted by molar-refractivity contribution is 7.88. The van der Waals surface area contributed by atoms with Crippen molar-refractivity contribution in [3.63, 3.8) is 0 Å². The maximum absolute atomic E-state index is 10.6. The van der Waals surface area contributed by atoms with E-state index in [2.05, 4.69) is 4.72 Å². The van der Waals surface area contributed by atoms with E-state index in [9.17, 15) is 8.42 Å². The van der Waals surface area contributed by atoms with Crippen LogP contribution in [-0.4, -0.2) is 20.7 Å². The fourth-order valence-electron chi connectivity index (χ4n) is 0.474. The van der Waals surface area contributed by atoms with Crippen molar-refractivity contribution in [2.75, 3.05) is 6.26 Å². The molecule has 0 bridgehead atoms. The third-order valence-corrected chi connectivity index (χ3v) is 2.20. The van der Waals surface area contributed by atoms with Crippen LogP contribution in [0, 0.1) is 5.92 Å². The van der Waals surface area contributed by atoms with Gasteiger partial charge in [0.05, 0.1) is 6.26 Å². The first-order valence-electron chi connectivity index (χ1n) is 3.30. The molecule has 0 aliphatic heterocycles. The lowest BCUT2D eigenvalue weighted by molar-refractivity contribution is 0.479. The third kappa shape index (κ3) is 4.76. The first-order valence-corrected chi connectivity index (χ1v) is 5.19. The first-order chi connectivity index (χ1) is 4.33. The minimum absolute atomic E-state index is 0.0231. The molecule has 0 heterocycles. The Bertz CT molecular complexity index is 184. The van der Waals surface area contributed by atoms with Crippen LogP contribution >= 0.6 is 0 Å². The average Bonchev–Trinajstić information content (AvgIpc) is 1.60. The standard InChI is InChI=1S/C6H15NO2S/c1-5(2)6(3)7-10(4,8)9/h5-7H,1-4H3/t6-/m1/s1. The van der Waals surface area contributed by atoms with Crippen molar-refractivity contribution in [2.45, 2.75) is 26.8 Å². The normalized spacial score (nSPS) is 15.7. The first kappa shape index (κ1) is 9.91. The molecule has 0 aromatic carbocycles. The Morgan fingerprint density at radius 1 is 1.20 bits per heavy atom. The quantitative estimate of drug-likeness (QED) is 0.665. The number of nitrogens with one attached hydrogen (secondary N) is 1. The van der Waals surface area contributed by atoms with Gasteiger partial charge in [-0.05, 0) is 12.8 Å². The van der Waals surface area contributed by atoms with Crippen molar-refractivity contribution < 1.29 is 8.42 Å². The molecule has 1 atom stereocenters. The highest BCUT2D eigenvalue weighted by Gasteiger charge is 2.10. The van der Waals surface area contributed by atoms with E-state index in [0.717, 1.165) is 0 Å². The van der Waals surface area contributed by atoms with Crippen LogP contribution in [0.1, 0.15) is 20.8 Å². The summed E-state index contributed by atoms with van der Waals surface area (Å²) < 4.78 is 23.8. The van der Waals surface area contributed by atoms with E-state index in [0.29, 0.717) is 5.92 Å². The van der Waals surface area contributed by atoms with Gasteiger partial charge in [0.15, 0.2) is 0 Å². The smallest absolute Gasteiger partial charge is 0.208 e. The molecule has 0 radical (unpaired) electrons. The molecular formula is C6H15NO2S. The Hall–Kier alpha value is -0.0900. The molecule has 0 aromatic rings. The summed E-state index contributed by atoms with van der Waals surface area (Å²) in [6.45, 7) is 5.80. The van der Waals surface area contributed by atoms with Crippen molar-refractivity contribution in [3.8, 4) is 0 Å². The maximum atomic E-state index is 10.6. The molecule has 4 heteroatoms. The Balaban J connectivity index is 3.93. The lowest BCUT2D eigenvalue weighted by atomic mass is 10.1. The van der Waals surface area contributed by atoms with Crippen LogP contribution in [0.5, 0.6) is 0 Å². The van der Waals surface area contributed by atoms with Gasteiger partial charge in [0, 0.05) is 6.04 Å². The zero-order chi connectivity index (χ0) is 8.36. The molecule has 0 aliphatic carbocycles. The monoisotopic (exact) mass is 165 g/mol. The van der Waals surface area contributed by atoms with Gasteiger partial charge in [-0.15, -0.1) is 0 Å². The van der Waals surface area contributed by atoms with Crippen LogP contribution in [-0.2, 0) is 10.0 Å². The molecule has 0 saturated carbocycles. The molecule has 1 N–H and O–H groups in total. The van der Waals surface area contributed by atoms with Crippen molar-refractivity contribution in [3.05, 3.63) is 0 Å². The van der Waals surface area contributed by atoms with Crippen molar-refractivity contribution >= 4 is 10.0 Å². The second-order valence-corrected chi connectivity index (χ2v) is 4.70.